The molecule has 1 aromatic carbocycles. The lowest BCUT2D eigenvalue weighted by molar-refractivity contribution is -0.138. The first-order valence-corrected chi connectivity index (χ1v) is 5.37. The normalized spacial score (nSPS) is 11.5. The molecule has 6 nitrogen and oxygen atoms in total. The number of nitrogens with one attached hydrogen (secondary N) is 1. The van der Waals surface area contributed by atoms with Crippen LogP contribution in [0.15, 0.2) is 24.3 Å². The number of aliphatic carboxylic acids is 1. The molecule has 0 heterocycles. The van der Waals surface area contributed by atoms with Gasteiger partial charge in [0.1, 0.15) is 11.8 Å². The molecule has 2 N–H and O–H groups in total. The predicted molar refractivity (Wildman–Crippen MR) is 67.0 cm³/mol. The molecule has 1 aromatic rings. The molecule has 0 saturated heterocycles. The fourth-order valence-electron chi connectivity index (χ4n) is 1.36. The van der Waals surface area contributed by atoms with Gasteiger partial charge in [-0.05, 0) is 19.1 Å². The quantitative estimate of drug-likeness (QED) is 0.847. The van der Waals surface area contributed by atoms with Gasteiger partial charge < -0.3 is 15.2 Å². The highest BCUT2D eigenvalue weighted by Gasteiger charge is 2.19. The Morgan fingerprint density at radius 2 is 2.00 bits per heavy atom. The van der Waals surface area contributed by atoms with Crippen molar-refractivity contribution in [1.29, 1.82) is 0 Å². The second kappa shape index (κ2) is 5.90. The van der Waals surface area contributed by atoms with Gasteiger partial charge in [-0.2, -0.15) is 0 Å². The van der Waals surface area contributed by atoms with E-state index in [4.69, 9.17) is 9.84 Å². The van der Waals surface area contributed by atoms with Gasteiger partial charge >= 0.3 is 12.0 Å². The van der Waals surface area contributed by atoms with E-state index >= 15 is 0 Å². The summed E-state index contributed by atoms with van der Waals surface area (Å²) in [7, 11) is 3.05. The molecule has 0 spiro atoms. The van der Waals surface area contributed by atoms with Crippen molar-refractivity contribution in [2.24, 2.45) is 0 Å². The van der Waals surface area contributed by atoms with Crippen LogP contribution in [0.25, 0.3) is 0 Å². The molecule has 2 amide bonds. The molecule has 98 valence electrons. The maximum Gasteiger partial charge on any atom is 0.325 e. The van der Waals surface area contributed by atoms with E-state index in [0.29, 0.717) is 11.4 Å². The standard InChI is InChI=1S/C12H16N2O4/c1-8(11(15)16)13-12(17)14(2)9-6-4-5-7-10(9)18-3/h4-8H,1-3H3,(H,13,17)(H,15,16). The van der Waals surface area contributed by atoms with Gasteiger partial charge in [0.05, 0.1) is 12.8 Å². The number of anilines is 1. The number of carboxylic acid groups (broad SMARTS) is 1. The summed E-state index contributed by atoms with van der Waals surface area (Å²) < 4.78 is 5.13. The molecule has 6 heteroatoms. The highest BCUT2D eigenvalue weighted by atomic mass is 16.5. The fraction of sp³-hybridized carbons (Fsp3) is 0.333. The number of benzene rings is 1. The van der Waals surface area contributed by atoms with Gasteiger partial charge in [-0.3, -0.25) is 9.69 Å². The summed E-state index contributed by atoms with van der Waals surface area (Å²) in [4.78, 5) is 23.8. The van der Waals surface area contributed by atoms with Crippen LogP contribution in [0.2, 0.25) is 0 Å². The van der Waals surface area contributed by atoms with Crippen LogP contribution in [-0.4, -0.2) is 37.3 Å². The van der Waals surface area contributed by atoms with Crippen LogP contribution in [-0.2, 0) is 4.79 Å². The summed E-state index contributed by atoms with van der Waals surface area (Å²) in [6.07, 6.45) is 0. The number of nitrogens with zero attached hydrogens (tertiary/aromatic N) is 1. The first-order chi connectivity index (χ1) is 8.47. The van der Waals surface area contributed by atoms with Gasteiger partial charge in [-0.1, -0.05) is 12.1 Å². The first kappa shape index (κ1) is 13.8. The van der Waals surface area contributed by atoms with Crippen LogP contribution >= 0.6 is 0 Å². The third kappa shape index (κ3) is 3.13. The second-order valence-electron chi connectivity index (χ2n) is 3.74. The number of para-hydroxylation sites is 2. The Morgan fingerprint density at radius 3 is 2.56 bits per heavy atom. The Hall–Kier alpha value is -2.24. The van der Waals surface area contributed by atoms with Crippen molar-refractivity contribution in [1.82, 2.24) is 5.32 Å². The number of ether oxygens (including phenoxy) is 1. The lowest BCUT2D eigenvalue weighted by Crippen LogP contribution is -2.45. The highest BCUT2D eigenvalue weighted by molar-refractivity contribution is 5.95. The molecule has 1 unspecified atom stereocenters. The Balaban J connectivity index is 2.83. The van der Waals surface area contributed by atoms with Crippen LogP contribution in [0, 0.1) is 0 Å². The molecule has 1 rings (SSSR count). The summed E-state index contributed by atoms with van der Waals surface area (Å²) in [5, 5.41) is 11.1. The van der Waals surface area contributed by atoms with Gasteiger partial charge in [-0.25, -0.2) is 4.79 Å². The van der Waals surface area contributed by atoms with Crippen molar-refractivity contribution in [3.05, 3.63) is 24.3 Å². The lowest BCUT2D eigenvalue weighted by Gasteiger charge is -2.21. The van der Waals surface area contributed by atoms with Crippen LogP contribution in [0.1, 0.15) is 6.92 Å². The first-order valence-electron chi connectivity index (χ1n) is 5.37. The molecular weight excluding hydrogens is 236 g/mol. The smallest absolute Gasteiger partial charge is 0.325 e. The molecule has 0 saturated carbocycles. The van der Waals surface area contributed by atoms with E-state index in [1.54, 1.807) is 31.3 Å². The number of rotatable bonds is 4. The molecule has 1 atom stereocenters. The number of carboxylic acids is 1. The van der Waals surface area contributed by atoms with E-state index in [1.165, 1.54) is 18.9 Å². The third-order valence-corrected chi connectivity index (χ3v) is 2.46. The fourth-order valence-corrected chi connectivity index (χ4v) is 1.36. The maximum absolute atomic E-state index is 11.8. The van der Waals surface area contributed by atoms with E-state index < -0.39 is 18.0 Å². The van der Waals surface area contributed by atoms with Gasteiger partial charge in [0, 0.05) is 7.05 Å². The Bertz CT molecular complexity index is 447. The molecule has 0 aliphatic heterocycles. The van der Waals surface area contributed by atoms with Gasteiger partial charge in [-0.15, -0.1) is 0 Å². The number of hydrogen-bond donors (Lipinski definition) is 2. The summed E-state index contributed by atoms with van der Waals surface area (Å²) >= 11 is 0. The molecule has 0 aromatic heterocycles. The summed E-state index contributed by atoms with van der Waals surface area (Å²) in [6, 6.07) is 5.53. The van der Waals surface area contributed by atoms with Crippen molar-refractivity contribution in [3.8, 4) is 5.75 Å². The second-order valence-corrected chi connectivity index (χ2v) is 3.74. The van der Waals surface area contributed by atoms with E-state index in [1.807, 2.05) is 0 Å². The molecule has 0 aliphatic carbocycles. The number of methoxy groups -OCH3 is 1. The van der Waals surface area contributed by atoms with E-state index in [2.05, 4.69) is 5.32 Å². The number of carbonyl (C=O) groups is 2. The summed E-state index contributed by atoms with van der Waals surface area (Å²) in [6.45, 7) is 1.40. The van der Waals surface area contributed by atoms with Crippen LogP contribution in [0.4, 0.5) is 10.5 Å². The summed E-state index contributed by atoms with van der Waals surface area (Å²) in [5.41, 5.74) is 0.565. The summed E-state index contributed by atoms with van der Waals surface area (Å²) in [5.74, 6) is -0.546. The van der Waals surface area contributed by atoms with E-state index in [-0.39, 0.29) is 0 Å². The zero-order chi connectivity index (χ0) is 13.7. The third-order valence-electron chi connectivity index (χ3n) is 2.46. The number of hydrogen-bond acceptors (Lipinski definition) is 3. The average molecular weight is 252 g/mol. The van der Waals surface area contributed by atoms with Crippen molar-refractivity contribution < 1.29 is 19.4 Å². The van der Waals surface area contributed by atoms with E-state index in [0.717, 1.165) is 0 Å². The Morgan fingerprint density at radius 1 is 1.39 bits per heavy atom. The predicted octanol–water partition coefficient (Wildman–Crippen LogP) is 1.31. The van der Waals surface area contributed by atoms with Gasteiger partial charge in [0.25, 0.3) is 0 Å². The number of amides is 2. The Kier molecular flexibility index (Phi) is 4.53. The topological polar surface area (TPSA) is 78.9 Å². The van der Waals surface area contributed by atoms with Crippen molar-refractivity contribution in [3.63, 3.8) is 0 Å². The number of urea groups is 1. The maximum atomic E-state index is 11.8. The molecular formula is C12H16N2O4. The average Bonchev–Trinajstić information content (AvgIpc) is 2.37. The molecule has 0 radical (unpaired) electrons. The highest BCUT2D eigenvalue weighted by Crippen LogP contribution is 2.26. The van der Waals surface area contributed by atoms with Gasteiger partial charge in [0.2, 0.25) is 0 Å². The van der Waals surface area contributed by atoms with Crippen LogP contribution in [0.5, 0.6) is 5.75 Å². The lowest BCUT2D eigenvalue weighted by atomic mass is 10.2. The minimum atomic E-state index is -1.09. The van der Waals surface area contributed by atoms with Crippen LogP contribution in [0.3, 0.4) is 0 Å². The largest absolute Gasteiger partial charge is 0.495 e. The monoisotopic (exact) mass is 252 g/mol. The molecule has 0 aliphatic rings. The minimum absolute atomic E-state index is 0.505. The zero-order valence-electron chi connectivity index (χ0n) is 10.5. The minimum Gasteiger partial charge on any atom is -0.495 e. The van der Waals surface area contributed by atoms with Crippen molar-refractivity contribution >= 4 is 17.7 Å². The molecule has 0 fully saturated rings. The Labute approximate surface area is 105 Å². The van der Waals surface area contributed by atoms with Crippen molar-refractivity contribution in [2.75, 3.05) is 19.1 Å². The van der Waals surface area contributed by atoms with Gasteiger partial charge in [0.15, 0.2) is 0 Å². The molecule has 18 heavy (non-hydrogen) atoms. The molecule has 0 bridgehead atoms. The van der Waals surface area contributed by atoms with Crippen LogP contribution < -0.4 is 15.0 Å². The van der Waals surface area contributed by atoms with E-state index in [9.17, 15) is 9.59 Å². The number of carbonyl (C=O) groups excluding carboxylic acids is 1. The SMILES string of the molecule is COc1ccccc1N(C)C(=O)NC(C)C(=O)O. The zero-order valence-corrected chi connectivity index (χ0v) is 10.5. The van der Waals surface area contributed by atoms with Crippen molar-refractivity contribution in [2.45, 2.75) is 13.0 Å².